The molecule has 0 bridgehead atoms. The molecule has 1 unspecified atom stereocenters. The van der Waals surface area contributed by atoms with E-state index in [2.05, 4.69) is 6.58 Å². The second kappa shape index (κ2) is 4.68. The molecule has 0 aromatic carbocycles. The van der Waals surface area contributed by atoms with Crippen molar-refractivity contribution in [3.63, 3.8) is 0 Å². The van der Waals surface area contributed by atoms with Crippen LogP contribution in [0.15, 0.2) is 12.8 Å². The molecule has 0 spiro atoms. The van der Waals surface area contributed by atoms with Crippen LogP contribution < -0.4 is 0 Å². The van der Waals surface area contributed by atoms with Gasteiger partial charge in [-0.25, -0.2) is 4.57 Å². The lowest BCUT2D eigenvalue weighted by atomic mass is 10.5. The lowest BCUT2D eigenvalue weighted by Gasteiger charge is -2.22. The van der Waals surface area contributed by atoms with Crippen LogP contribution in [0.2, 0.25) is 0 Å². The minimum absolute atomic E-state index is 0.0989. The number of hydrogen-bond acceptors (Lipinski definition) is 3. The Balaban J connectivity index is 4.39. The van der Waals surface area contributed by atoms with Crippen molar-refractivity contribution in [2.45, 2.75) is 39.5 Å². The van der Waals surface area contributed by atoms with Crippen molar-refractivity contribution >= 4 is 7.60 Å². The highest BCUT2D eigenvalue weighted by atomic mass is 31.2. The maximum Gasteiger partial charge on any atom is 0.381 e. The van der Waals surface area contributed by atoms with E-state index in [1.54, 1.807) is 13.8 Å². The fourth-order valence-corrected chi connectivity index (χ4v) is 2.00. The summed E-state index contributed by atoms with van der Waals surface area (Å²) in [4.78, 5) is 0. The molecule has 0 rings (SSSR count). The smallest absolute Gasteiger partial charge is 0.381 e. The van der Waals surface area contributed by atoms with Crippen molar-refractivity contribution in [3.8, 4) is 0 Å². The van der Waals surface area contributed by atoms with Gasteiger partial charge in [-0.3, -0.25) is 4.52 Å². The fraction of sp³-hybridized carbons (Fsp3) is 0.750. The van der Waals surface area contributed by atoms with Crippen LogP contribution in [0, 0.1) is 0 Å². The van der Waals surface area contributed by atoms with Crippen LogP contribution in [-0.4, -0.2) is 11.8 Å². The lowest BCUT2D eigenvalue weighted by Crippen LogP contribution is -2.08. The second-order valence-electron chi connectivity index (χ2n) is 3.06. The fourth-order valence-electron chi connectivity index (χ4n) is 0.666. The van der Waals surface area contributed by atoms with E-state index < -0.39 is 7.60 Å². The molecule has 0 aromatic rings. The Morgan fingerprint density at radius 3 is 2.08 bits per heavy atom. The maximum absolute atomic E-state index is 11.8. The Bertz CT molecular complexity index is 187. The Labute approximate surface area is 74.3 Å². The van der Waals surface area contributed by atoms with Crippen LogP contribution in [-0.2, 0) is 13.6 Å². The summed E-state index contributed by atoms with van der Waals surface area (Å²) in [6.45, 7) is 10.6. The zero-order valence-corrected chi connectivity index (χ0v) is 9.01. The van der Waals surface area contributed by atoms with Crippen molar-refractivity contribution in [2.24, 2.45) is 0 Å². The summed E-state index contributed by atoms with van der Waals surface area (Å²) in [6, 6.07) is 0. The van der Waals surface area contributed by atoms with E-state index in [-0.39, 0.29) is 11.8 Å². The Kier molecular flexibility index (Phi) is 4.58. The summed E-state index contributed by atoms with van der Waals surface area (Å²) in [7, 11) is -2.97. The van der Waals surface area contributed by atoms with Crippen molar-refractivity contribution < 1.29 is 13.6 Å². The van der Waals surface area contributed by atoms with Gasteiger partial charge in [-0.2, -0.15) is 0 Å². The predicted octanol–water partition coefficient (Wildman–Crippen LogP) is 3.17. The summed E-state index contributed by atoms with van der Waals surface area (Å²) in [5.41, 5.74) is -0.141. The summed E-state index contributed by atoms with van der Waals surface area (Å²) in [5, 5.41) is 0. The van der Waals surface area contributed by atoms with Crippen molar-refractivity contribution in [1.82, 2.24) is 0 Å². The highest BCUT2D eigenvalue weighted by Crippen LogP contribution is 2.53. The van der Waals surface area contributed by atoms with E-state index in [1.165, 1.54) is 6.26 Å². The average Bonchev–Trinajstić information content (AvgIpc) is 1.85. The molecule has 0 aromatic heterocycles. The zero-order valence-electron chi connectivity index (χ0n) is 8.11. The zero-order chi connectivity index (χ0) is 9.78. The minimum atomic E-state index is -2.97. The third-order valence-electron chi connectivity index (χ3n) is 1.21. The SMILES string of the molecule is C=COP(=O)(OC(C)C)C(C)C. The molecule has 3 nitrogen and oxygen atoms in total. The lowest BCUT2D eigenvalue weighted by molar-refractivity contribution is 0.194. The van der Waals surface area contributed by atoms with Crippen molar-refractivity contribution in [2.75, 3.05) is 0 Å². The summed E-state index contributed by atoms with van der Waals surface area (Å²) in [6.07, 6.45) is 1.07. The van der Waals surface area contributed by atoms with E-state index in [9.17, 15) is 4.57 Å². The van der Waals surface area contributed by atoms with E-state index in [0.29, 0.717) is 0 Å². The van der Waals surface area contributed by atoms with Gasteiger partial charge in [0.25, 0.3) is 0 Å². The molecule has 0 radical (unpaired) electrons. The summed E-state index contributed by atoms with van der Waals surface area (Å²) in [5.74, 6) is 0. The molecule has 72 valence electrons. The molecule has 12 heavy (non-hydrogen) atoms. The van der Waals surface area contributed by atoms with Crippen LogP contribution >= 0.6 is 7.60 Å². The van der Waals surface area contributed by atoms with Gasteiger partial charge in [0.15, 0.2) is 0 Å². The van der Waals surface area contributed by atoms with E-state index >= 15 is 0 Å². The van der Waals surface area contributed by atoms with Gasteiger partial charge in [-0.1, -0.05) is 20.4 Å². The van der Waals surface area contributed by atoms with Crippen LogP contribution in [0.1, 0.15) is 27.7 Å². The van der Waals surface area contributed by atoms with Crippen LogP contribution in [0.4, 0.5) is 0 Å². The molecular formula is C8H17O3P. The standard InChI is InChI=1S/C8H17O3P/c1-6-10-12(9,8(4)5)11-7(2)3/h6-8H,1H2,2-5H3. The Morgan fingerprint density at radius 2 is 1.83 bits per heavy atom. The van der Waals surface area contributed by atoms with Crippen molar-refractivity contribution in [1.29, 1.82) is 0 Å². The molecule has 0 aliphatic rings. The van der Waals surface area contributed by atoms with Crippen LogP contribution in [0.25, 0.3) is 0 Å². The van der Waals surface area contributed by atoms with E-state index in [1.807, 2.05) is 13.8 Å². The molecule has 0 saturated carbocycles. The molecule has 0 saturated heterocycles. The number of hydrogen-bond donors (Lipinski definition) is 0. The van der Waals surface area contributed by atoms with Gasteiger partial charge in [-0.05, 0) is 13.8 Å². The van der Waals surface area contributed by atoms with E-state index in [0.717, 1.165) is 0 Å². The van der Waals surface area contributed by atoms with Crippen LogP contribution in [0.3, 0.4) is 0 Å². The molecule has 0 aliphatic carbocycles. The van der Waals surface area contributed by atoms with Gasteiger partial charge in [0.1, 0.15) is 0 Å². The first kappa shape index (κ1) is 11.7. The first-order chi connectivity index (χ1) is 5.42. The quantitative estimate of drug-likeness (QED) is 0.495. The third-order valence-corrected chi connectivity index (χ3v) is 3.63. The van der Waals surface area contributed by atoms with Gasteiger partial charge in [0.2, 0.25) is 0 Å². The normalized spacial score (nSPS) is 16.2. The highest BCUT2D eigenvalue weighted by molar-refractivity contribution is 7.54. The molecule has 0 fully saturated rings. The summed E-state index contributed by atoms with van der Waals surface area (Å²) >= 11 is 0. The van der Waals surface area contributed by atoms with Gasteiger partial charge in [0.05, 0.1) is 18.0 Å². The Hall–Kier alpha value is -0.270. The molecule has 0 N–H and O–H groups in total. The molecule has 0 aliphatic heterocycles. The predicted molar refractivity (Wildman–Crippen MR) is 50.2 cm³/mol. The highest BCUT2D eigenvalue weighted by Gasteiger charge is 2.30. The topological polar surface area (TPSA) is 35.5 Å². The summed E-state index contributed by atoms with van der Waals surface area (Å²) < 4.78 is 21.9. The van der Waals surface area contributed by atoms with Crippen molar-refractivity contribution in [3.05, 3.63) is 12.8 Å². The molecule has 0 heterocycles. The van der Waals surface area contributed by atoms with E-state index in [4.69, 9.17) is 9.05 Å². The first-order valence-corrected chi connectivity index (χ1v) is 5.61. The molecular weight excluding hydrogens is 175 g/mol. The molecule has 0 amide bonds. The third kappa shape index (κ3) is 3.42. The average molecular weight is 192 g/mol. The van der Waals surface area contributed by atoms with Gasteiger partial charge in [0, 0.05) is 0 Å². The Morgan fingerprint density at radius 1 is 1.33 bits per heavy atom. The maximum atomic E-state index is 11.8. The monoisotopic (exact) mass is 192 g/mol. The minimum Gasteiger partial charge on any atom is -0.433 e. The molecule has 4 heteroatoms. The van der Waals surface area contributed by atoms with Gasteiger partial charge >= 0.3 is 7.60 Å². The number of rotatable bonds is 5. The van der Waals surface area contributed by atoms with Gasteiger partial charge < -0.3 is 4.52 Å². The molecule has 1 atom stereocenters. The first-order valence-electron chi connectivity index (χ1n) is 3.99. The largest absolute Gasteiger partial charge is 0.433 e. The second-order valence-corrected chi connectivity index (χ2v) is 5.59. The van der Waals surface area contributed by atoms with Gasteiger partial charge in [-0.15, -0.1) is 0 Å². The van der Waals surface area contributed by atoms with Crippen LogP contribution in [0.5, 0.6) is 0 Å².